The van der Waals surface area contributed by atoms with Crippen LogP contribution in [-0.2, 0) is 4.74 Å². The highest BCUT2D eigenvalue weighted by Crippen LogP contribution is 2.28. The molecule has 0 aliphatic carbocycles. The molecular weight excluding hydrogens is 178 g/mol. The van der Waals surface area contributed by atoms with Crippen LogP contribution < -0.4 is 5.32 Å². The third-order valence-electron chi connectivity index (χ3n) is 3.39. The van der Waals surface area contributed by atoms with Crippen LogP contribution in [0, 0.1) is 0 Å². The Balaban J connectivity index is 2.41. The molecule has 1 atom stereocenters. The van der Waals surface area contributed by atoms with Crippen LogP contribution in [0.2, 0.25) is 0 Å². The highest BCUT2D eigenvalue weighted by Gasteiger charge is 2.34. The lowest BCUT2D eigenvalue weighted by Gasteiger charge is -2.31. The van der Waals surface area contributed by atoms with Gasteiger partial charge in [0.25, 0.3) is 0 Å². The second-order valence-corrected chi connectivity index (χ2v) is 4.93. The summed E-state index contributed by atoms with van der Waals surface area (Å²) in [5, 5.41) is 12.8. The van der Waals surface area contributed by atoms with Gasteiger partial charge in [-0.05, 0) is 46.1 Å². The summed E-state index contributed by atoms with van der Waals surface area (Å²) >= 11 is 0. The van der Waals surface area contributed by atoms with Gasteiger partial charge in [-0.1, -0.05) is 0 Å². The molecule has 0 aromatic heterocycles. The van der Waals surface area contributed by atoms with E-state index in [2.05, 4.69) is 19.2 Å². The van der Waals surface area contributed by atoms with Crippen molar-refractivity contribution in [3.63, 3.8) is 0 Å². The van der Waals surface area contributed by atoms with E-state index < -0.39 is 0 Å². The molecule has 1 aliphatic heterocycles. The summed E-state index contributed by atoms with van der Waals surface area (Å²) < 4.78 is 5.38. The summed E-state index contributed by atoms with van der Waals surface area (Å²) in [6, 6.07) is 0. The van der Waals surface area contributed by atoms with E-state index in [0.717, 1.165) is 25.8 Å². The van der Waals surface area contributed by atoms with Gasteiger partial charge in [-0.15, -0.1) is 0 Å². The van der Waals surface area contributed by atoms with Gasteiger partial charge in [0, 0.05) is 12.6 Å². The van der Waals surface area contributed by atoms with Gasteiger partial charge in [-0.2, -0.15) is 0 Å². The van der Waals surface area contributed by atoms with Crippen molar-refractivity contribution in [3.8, 4) is 0 Å². The van der Waals surface area contributed by atoms with E-state index in [-0.39, 0.29) is 17.7 Å². The fourth-order valence-corrected chi connectivity index (χ4v) is 1.94. The van der Waals surface area contributed by atoms with Gasteiger partial charge in [0.15, 0.2) is 0 Å². The molecule has 14 heavy (non-hydrogen) atoms. The first-order chi connectivity index (χ1) is 6.54. The first-order valence-corrected chi connectivity index (χ1v) is 5.45. The minimum absolute atomic E-state index is 0.0319. The minimum Gasteiger partial charge on any atom is -0.394 e. The van der Waals surface area contributed by atoms with Gasteiger partial charge in [0.1, 0.15) is 0 Å². The SMILES string of the molecule is COC(C)(C)CCC1(CO)CCCN1. The molecular formula is C11H23NO2. The molecule has 2 N–H and O–H groups in total. The molecule has 1 heterocycles. The summed E-state index contributed by atoms with van der Waals surface area (Å²) in [5.41, 5.74) is -0.109. The Morgan fingerprint density at radius 2 is 2.21 bits per heavy atom. The summed E-state index contributed by atoms with van der Waals surface area (Å²) in [6.07, 6.45) is 4.23. The largest absolute Gasteiger partial charge is 0.394 e. The highest BCUT2D eigenvalue weighted by atomic mass is 16.5. The maximum absolute atomic E-state index is 9.38. The number of rotatable bonds is 5. The fraction of sp³-hybridized carbons (Fsp3) is 1.00. The second-order valence-electron chi connectivity index (χ2n) is 4.93. The van der Waals surface area contributed by atoms with Gasteiger partial charge >= 0.3 is 0 Å². The molecule has 0 saturated carbocycles. The van der Waals surface area contributed by atoms with E-state index in [4.69, 9.17) is 4.74 Å². The lowest BCUT2D eigenvalue weighted by atomic mass is 9.88. The second kappa shape index (κ2) is 4.60. The first kappa shape index (κ1) is 12.0. The van der Waals surface area contributed by atoms with Crippen LogP contribution in [0.3, 0.4) is 0 Å². The van der Waals surface area contributed by atoms with Crippen molar-refractivity contribution in [1.82, 2.24) is 5.32 Å². The normalized spacial score (nSPS) is 28.3. The van der Waals surface area contributed by atoms with Gasteiger partial charge in [0.2, 0.25) is 0 Å². The van der Waals surface area contributed by atoms with Crippen molar-refractivity contribution in [3.05, 3.63) is 0 Å². The lowest BCUT2D eigenvalue weighted by molar-refractivity contribution is 0.00447. The standard InChI is InChI=1S/C11H23NO2/c1-10(2,14-3)6-7-11(9-13)5-4-8-12-11/h12-13H,4-9H2,1-3H3. The smallest absolute Gasteiger partial charge is 0.0623 e. The Hall–Kier alpha value is -0.120. The molecule has 84 valence electrons. The van der Waals surface area contributed by atoms with Crippen molar-refractivity contribution in [1.29, 1.82) is 0 Å². The molecule has 0 aromatic rings. The maximum atomic E-state index is 9.38. The van der Waals surface area contributed by atoms with Crippen molar-refractivity contribution in [2.24, 2.45) is 0 Å². The molecule has 0 aromatic carbocycles. The molecule has 0 spiro atoms. The van der Waals surface area contributed by atoms with E-state index in [1.54, 1.807) is 7.11 Å². The van der Waals surface area contributed by atoms with Gasteiger partial charge < -0.3 is 15.2 Å². The lowest BCUT2D eigenvalue weighted by Crippen LogP contribution is -2.44. The van der Waals surface area contributed by atoms with Crippen LogP contribution in [0.1, 0.15) is 39.5 Å². The number of hydrogen-bond donors (Lipinski definition) is 2. The zero-order valence-electron chi connectivity index (χ0n) is 9.60. The van der Waals surface area contributed by atoms with E-state index in [1.807, 2.05) is 0 Å². The summed E-state index contributed by atoms with van der Waals surface area (Å²) in [7, 11) is 1.74. The quantitative estimate of drug-likeness (QED) is 0.704. The molecule has 0 radical (unpaired) electrons. The number of methoxy groups -OCH3 is 1. The predicted molar refractivity (Wildman–Crippen MR) is 57.4 cm³/mol. The average molecular weight is 201 g/mol. The van der Waals surface area contributed by atoms with Crippen LogP contribution >= 0.6 is 0 Å². The molecule has 1 fully saturated rings. The molecule has 1 unspecified atom stereocenters. The minimum atomic E-state index is -0.0769. The number of ether oxygens (including phenoxy) is 1. The van der Waals surface area contributed by atoms with E-state index in [9.17, 15) is 5.11 Å². The van der Waals surface area contributed by atoms with Crippen molar-refractivity contribution in [2.75, 3.05) is 20.3 Å². The van der Waals surface area contributed by atoms with Gasteiger partial charge in [0.05, 0.1) is 12.2 Å². The monoisotopic (exact) mass is 201 g/mol. The Morgan fingerprint density at radius 1 is 1.50 bits per heavy atom. The third-order valence-corrected chi connectivity index (χ3v) is 3.39. The third kappa shape index (κ3) is 2.94. The van der Waals surface area contributed by atoms with Crippen molar-refractivity contribution in [2.45, 2.75) is 50.7 Å². The van der Waals surface area contributed by atoms with Crippen LogP contribution in [0.5, 0.6) is 0 Å². The first-order valence-electron chi connectivity index (χ1n) is 5.45. The number of aliphatic hydroxyl groups is 1. The predicted octanol–water partition coefficient (Wildman–Crippen LogP) is 1.31. The highest BCUT2D eigenvalue weighted by molar-refractivity contribution is 4.93. The van der Waals surface area contributed by atoms with E-state index in [1.165, 1.54) is 6.42 Å². The summed E-state index contributed by atoms with van der Waals surface area (Å²) in [4.78, 5) is 0. The summed E-state index contributed by atoms with van der Waals surface area (Å²) in [5.74, 6) is 0. The van der Waals surface area contributed by atoms with E-state index in [0.29, 0.717) is 0 Å². The Bertz CT molecular complexity index is 174. The van der Waals surface area contributed by atoms with Crippen LogP contribution in [0.25, 0.3) is 0 Å². The van der Waals surface area contributed by atoms with Gasteiger partial charge in [-0.3, -0.25) is 0 Å². The molecule has 1 saturated heterocycles. The fourth-order valence-electron chi connectivity index (χ4n) is 1.94. The Kier molecular flexibility index (Phi) is 3.93. The average Bonchev–Trinajstić information content (AvgIpc) is 2.65. The number of aliphatic hydroxyl groups excluding tert-OH is 1. The molecule has 0 bridgehead atoms. The molecule has 3 nitrogen and oxygen atoms in total. The maximum Gasteiger partial charge on any atom is 0.0623 e. The van der Waals surface area contributed by atoms with Crippen LogP contribution in [0.15, 0.2) is 0 Å². The zero-order valence-corrected chi connectivity index (χ0v) is 9.60. The van der Waals surface area contributed by atoms with Crippen molar-refractivity contribution >= 4 is 0 Å². The van der Waals surface area contributed by atoms with Crippen molar-refractivity contribution < 1.29 is 9.84 Å². The zero-order chi connectivity index (χ0) is 10.7. The summed E-state index contributed by atoms with van der Waals surface area (Å²) in [6.45, 7) is 5.46. The Labute approximate surface area is 86.8 Å². The number of nitrogens with one attached hydrogen (secondary N) is 1. The van der Waals surface area contributed by atoms with Crippen LogP contribution in [0.4, 0.5) is 0 Å². The molecule has 1 rings (SSSR count). The molecule has 3 heteroatoms. The van der Waals surface area contributed by atoms with E-state index >= 15 is 0 Å². The van der Waals surface area contributed by atoms with Crippen LogP contribution in [-0.4, -0.2) is 36.5 Å². The molecule has 1 aliphatic rings. The Morgan fingerprint density at radius 3 is 2.64 bits per heavy atom. The topological polar surface area (TPSA) is 41.5 Å². The van der Waals surface area contributed by atoms with Gasteiger partial charge in [-0.25, -0.2) is 0 Å². The molecule has 0 amide bonds. The number of hydrogen-bond acceptors (Lipinski definition) is 3.